The van der Waals surface area contributed by atoms with E-state index in [0.717, 1.165) is 17.1 Å². The number of halogens is 1. The summed E-state index contributed by atoms with van der Waals surface area (Å²) >= 11 is 5.93. The van der Waals surface area contributed by atoms with Crippen molar-refractivity contribution in [1.29, 1.82) is 0 Å². The highest BCUT2D eigenvalue weighted by atomic mass is 35.5. The highest BCUT2D eigenvalue weighted by Crippen LogP contribution is 2.26. The first kappa shape index (κ1) is 16.4. The van der Waals surface area contributed by atoms with Crippen LogP contribution in [0.3, 0.4) is 0 Å². The van der Waals surface area contributed by atoms with Crippen molar-refractivity contribution in [1.82, 2.24) is 4.90 Å². The molecule has 2 unspecified atom stereocenters. The third kappa shape index (κ3) is 5.11. The highest BCUT2D eigenvalue weighted by Gasteiger charge is 2.27. The van der Waals surface area contributed by atoms with Crippen molar-refractivity contribution in [3.05, 3.63) is 34.9 Å². The van der Waals surface area contributed by atoms with Gasteiger partial charge in [-0.2, -0.15) is 0 Å². The van der Waals surface area contributed by atoms with E-state index in [9.17, 15) is 5.11 Å². The maximum atomic E-state index is 10.0. The summed E-state index contributed by atoms with van der Waals surface area (Å²) in [5.41, 5.74) is 6.54. The molecule has 0 aliphatic rings. The van der Waals surface area contributed by atoms with Crippen molar-refractivity contribution in [2.45, 2.75) is 45.4 Å². The minimum absolute atomic E-state index is 0.0246. The van der Waals surface area contributed by atoms with Crippen LogP contribution in [-0.2, 0) is 0 Å². The lowest BCUT2D eigenvalue weighted by molar-refractivity contribution is 0.0187. The molecule has 0 aliphatic carbocycles. The van der Waals surface area contributed by atoms with Crippen LogP contribution in [0.5, 0.6) is 0 Å². The van der Waals surface area contributed by atoms with Crippen molar-refractivity contribution in [3.63, 3.8) is 0 Å². The molecule has 2 atom stereocenters. The molecule has 19 heavy (non-hydrogen) atoms. The molecule has 0 fully saturated rings. The predicted octanol–water partition coefficient (Wildman–Crippen LogP) is 2.82. The molecule has 0 saturated carbocycles. The largest absolute Gasteiger partial charge is 0.389 e. The number of aliphatic hydroxyl groups is 1. The number of hydrogen-bond donors (Lipinski definition) is 2. The Hall–Kier alpha value is -0.610. The van der Waals surface area contributed by atoms with Crippen molar-refractivity contribution in [3.8, 4) is 0 Å². The second-order valence-corrected chi connectivity index (χ2v) is 6.17. The molecule has 1 rings (SSSR count). The van der Waals surface area contributed by atoms with E-state index in [1.807, 2.05) is 45.0 Å². The van der Waals surface area contributed by atoms with Gasteiger partial charge in [0.15, 0.2) is 0 Å². The molecular formula is C15H25ClN2O. The first-order valence-corrected chi connectivity index (χ1v) is 7.10. The van der Waals surface area contributed by atoms with E-state index in [2.05, 4.69) is 11.8 Å². The van der Waals surface area contributed by atoms with E-state index in [1.54, 1.807) is 0 Å². The molecule has 0 bridgehead atoms. The summed E-state index contributed by atoms with van der Waals surface area (Å²) in [6, 6.07) is 7.82. The zero-order valence-electron chi connectivity index (χ0n) is 12.2. The quantitative estimate of drug-likeness (QED) is 0.844. The van der Waals surface area contributed by atoms with Crippen LogP contribution in [0.2, 0.25) is 5.02 Å². The maximum Gasteiger partial charge on any atom is 0.0718 e. The zero-order valence-corrected chi connectivity index (χ0v) is 13.0. The van der Waals surface area contributed by atoms with Gasteiger partial charge in [-0.15, -0.1) is 0 Å². The Morgan fingerprint density at radius 1 is 1.32 bits per heavy atom. The molecule has 4 heteroatoms. The number of benzene rings is 1. The van der Waals surface area contributed by atoms with Crippen LogP contribution in [0.25, 0.3) is 0 Å². The van der Waals surface area contributed by atoms with Crippen LogP contribution >= 0.6 is 11.6 Å². The molecule has 0 radical (unpaired) electrons. The van der Waals surface area contributed by atoms with E-state index in [1.165, 1.54) is 0 Å². The van der Waals surface area contributed by atoms with Gasteiger partial charge in [0.05, 0.1) is 5.60 Å². The SMILES string of the molecule is CCN(CC(C)(C)O)C(c1ccc(Cl)cc1)C(C)N. The summed E-state index contributed by atoms with van der Waals surface area (Å²) in [4.78, 5) is 2.20. The lowest BCUT2D eigenvalue weighted by Crippen LogP contribution is -2.45. The van der Waals surface area contributed by atoms with Gasteiger partial charge in [-0.25, -0.2) is 0 Å². The molecular weight excluding hydrogens is 260 g/mol. The highest BCUT2D eigenvalue weighted by molar-refractivity contribution is 6.30. The average Bonchev–Trinajstić information content (AvgIpc) is 2.28. The summed E-state index contributed by atoms with van der Waals surface area (Å²) in [7, 11) is 0. The summed E-state index contributed by atoms with van der Waals surface area (Å²) < 4.78 is 0. The normalized spacial score (nSPS) is 15.6. The minimum Gasteiger partial charge on any atom is -0.389 e. The number of likely N-dealkylation sites (N-methyl/N-ethyl adjacent to an activating group) is 1. The Labute approximate surface area is 121 Å². The monoisotopic (exact) mass is 284 g/mol. The van der Waals surface area contributed by atoms with Gasteiger partial charge in [-0.3, -0.25) is 4.90 Å². The summed E-state index contributed by atoms with van der Waals surface area (Å²) in [5, 5.41) is 10.8. The first-order valence-electron chi connectivity index (χ1n) is 6.72. The number of nitrogens with two attached hydrogens (primary N) is 1. The van der Waals surface area contributed by atoms with Crippen LogP contribution in [-0.4, -0.2) is 34.7 Å². The van der Waals surface area contributed by atoms with Crippen molar-refractivity contribution in [2.75, 3.05) is 13.1 Å². The molecule has 1 aromatic rings. The summed E-state index contributed by atoms with van der Waals surface area (Å²) in [5.74, 6) is 0. The summed E-state index contributed by atoms with van der Waals surface area (Å²) in [6.45, 7) is 9.12. The van der Waals surface area contributed by atoms with Gasteiger partial charge < -0.3 is 10.8 Å². The van der Waals surface area contributed by atoms with Crippen LogP contribution in [0.15, 0.2) is 24.3 Å². The molecule has 3 nitrogen and oxygen atoms in total. The molecule has 108 valence electrons. The lowest BCUT2D eigenvalue weighted by Gasteiger charge is -2.37. The fraction of sp³-hybridized carbons (Fsp3) is 0.600. The van der Waals surface area contributed by atoms with Crippen molar-refractivity contribution < 1.29 is 5.11 Å². The third-order valence-corrected chi connectivity index (χ3v) is 3.35. The van der Waals surface area contributed by atoms with Gasteiger partial charge in [0.25, 0.3) is 0 Å². The van der Waals surface area contributed by atoms with Gasteiger partial charge in [-0.1, -0.05) is 30.7 Å². The van der Waals surface area contributed by atoms with E-state index in [4.69, 9.17) is 17.3 Å². The average molecular weight is 285 g/mol. The predicted molar refractivity (Wildman–Crippen MR) is 81.4 cm³/mol. The molecule has 1 aromatic carbocycles. The Morgan fingerprint density at radius 3 is 2.21 bits per heavy atom. The minimum atomic E-state index is -0.741. The maximum absolute atomic E-state index is 10.0. The summed E-state index contributed by atoms with van der Waals surface area (Å²) in [6.07, 6.45) is 0. The van der Waals surface area contributed by atoms with E-state index in [0.29, 0.717) is 6.54 Å². The Balaban J connectivity index is 3.01. The molecule has 3 N–H and O–H groups in total. The Bertz CT molecular complexity index is 384. The molecule has 0 aromatic heterocycles. The van der Waals surface area contributed by atoms with Gasteiger partial charge in [0.1, 0.15) is 0 Å². The number of hydrogen-bond acceptors (Lipinski definition) is 3. The smallest absolute Gasteiger partial charge is 0.0718 e. The Kier molecular flexibility index (Phi) is 5.81. The standard InChI is InChI=1S/C15H25ClN2O/c1-5-18(10-15(3,4)19)14(11(2)17)12-6-8-13(16)9-7-12/h6-9,11,14,19H,5,10,17H2,1-4H3. The van der Waals surface area contributed by atoms with Gasteiger partial charge in [-0.05, 0) is 45.0 Å². The van der Waals surface area contributed by atoms with Crippen molar-refractivity contribution in [2.24, 2.45) is 5.73 Å². The number of rotatable bonds is 6. The topological polar surface area (TPSA) is 49.5 Å². The van der Waals surface area contributed by atoms with Crippen molar-refractivity contribution >= 4 is 11.6 Å². The Morgan fingerprint density at radius 2 is 1.84 bits per heavy atom. The molecule has 0 saturated heterocycles. The van der Waals surface area contributed by atoms with E-state index in [-0.39, 0.29) is 12.1 Å². The van der Waals surface area contributed by atoms with Crippen LogP contribution in [0.4, 0.5) is 0 Å². The van der Waals surface area contributed by atoms with Crippen LogP contribution < -0.4 is 5.73 Å². The third-order valence-electron chi connectivity index (χ3n) is 3.10. The van der Waals surface area contributed by atoms with E-state index < -0.39 is 5.60 Å². The van der Waals surface area contributed by atoms with Crippen LogP contribution in [0, 0.1) is 0 Å². The fourth-order valence-electron chi connectivity index (χ4n) is 2.41. The first-order chi connectivity index (χ1) is 8.74. The van der Waals surface area contributed by atoms with Crippen LogP contribution in [0.1, 0.15) is 39.3 Å². The van der Waals surface area contributed by atoms with Gasteiger partial charge in [0, 0.05) is 23.7 Å². The van der Waals surface area contributed by atoms with Gasteiger partial charge >= 0.3 is 0 Å². The lowest BCUT2D eigenvalue weighted by atomic mass is 9.97. The van der Waals surface area contributed by atoms with Gasteiger partial charge in [0.2, 0.25) is 0 Å². The molecule has 0 amide bonds. The second kappa shape index (κ2) is 6.71. The molecule has 0 aliphatic heterocycles. The fourth-order valence-corrected chi connectivity index (χ4v) is 2.54. The zero-order chi connectivity index (χ0) is 14.6. The van der Waals surface area contributed by atoms with E-state index >= 15 is 0 Å². The molecule has 0 heterocycles. The molecule has 0 spiro atoms. The number of nitrogens with zero attached hydrogens (tertiary/aromatic N) is 1. The second-order valence-electron chi connectivity index (χ2n) is 5.73.